The van der Waals surface area contributed by atoms with Gasteiger partial charge in [0.25, 0.3) is 0 Å². The summed E-state index contributed by atoms with van der Waals surface area (Å²) >= 11 is 0. The minimum atomic E-state index is -0.303. The molecule has 0 saturated carbocycles. The molecule has 0 spiro atoms. The maximum Gasteiger partial charge on any atom is 0.137 e. The van der Waals surface area contributed by atoms with E-state index in [2.05, 4.69) is 20.3 Å². The molecule has 0 fully saturated rings. The normalized spacial score (nSPS) is 16.7. The Morgan fingerprint density at radius 2 is 2.09 bits per heavy atom. The van der Waals surface area contributed by atoms with E-state index in [-0.39, 0.29) is 11.9 Å². The number of nitrogen functional groups attached to an aromatic ring is 1. The van der Waals surface area contributed by atoms with Crippen LogP contribution >= 0.6 is 0 Å². The SMILES string of the molecule is Nc1cnc2c(c1)C(Nc1ncnc3ccc(F)cc13)CC2. The number of nitrogens with one attached hydrogen (secondary N) is 1. The molecule has 6 heteroatoms. The predicted octanol–water partition coefficient (Wildman–Crippen LogP) is 2.85. The average molecular weight is 295 g/mol. The smallest absolute Gasteiger partial charge is 0.137 e. The van der Waals surface area contributed by atoms with Gasteiger partial charge in [-0.05, 0) is 42.7 Å². The minimum Gasteiger partial charge on any atom is -0.397 e. The van der Waals surface area contributed by atoms with Gasteiger partial charge in [0, 0.05) is 11.1 Å². The fourth-order valence-electron chi connectivity index (χ4n) is 2.93. The highest BCUT2D eigenvalue weighted by atomic mass is 19.1. The molecule has 4 rings (SSSR count). The van der Waals surface area contributed by atoms with E-state index in [1.54, 1.807) is 12.3 Å². The summed E-state index contributed by atoms with van der Waals surface area (Å²) in [6, 6.07) is 6.52. The van der Waals surface area contributed by atoms with Crippen LogP contribution in [0.3, 0.4) is 0 Å². The zero-order valence-electron chi connectivity index (χ0n) is 11.8. The number of benzene rings is 1. The summed E-state index contributed by atoms with van der Waals surface area (Å²) in [4.78, 5) is 12.8. The summed E-state index contributed by atoms with van der Waals surface area (Å²) in [7, 11) is 0. The molecule has 2 aromatic heterocycles. The number of hydrogen-bond donors (Lipinski definition) is 2. The first kappa shape index (κ1) is 12.9. The molecule has 1 atom stereocenters. The third-order valence-corrected chi connectivity index (χ3v) is 3.98. The van der Waals surface area contributed by atoms with E-state index in [9.17, 15) is 4.39 Å². The average Bonchev–Trinajstić information content (AvgIpc) is 2.90. The van der Waals surface area contributed by atoms with Gasteiger partial charge < -0.3 is 11.1 Å². The Bertz CT molecular complexity index is 864. The van der Waals surface area contributed by atoms with Crippen LogP contribution in [0.5, 0.6) is 0 Å². The second-order valence-corrected chi connectivity index (χ2v) is 5.42. The van der Waals surface area contributed by atoms with Crippen molar-refractivity contribution in [2.24, 2.45) is 0 Å². The first-order valence-corrected chi connectivity index (χ1v) is 7.12. The number of hydrogen-bond acceptors (Lipinski definition) is 5. The molecule has 0 radical (unpaired) electrons. The van der Waals surface area contributed by atoms with Gasteiger partial charge in [0.1, 0.15) is 18.0 Å². The van der Waals surface area contributed by atoms with E-state index < -0.39 is 0 Å². The lowest BCUT2D eigenvalue weighted by Crippen LogP contribution is -2.09. The van der Waals surface area contributed by atoms with Crippen molar-refractivity contribution in [2.75, 3.05) is 11.1 Å². The summed E-state index contributed by atoms with van der Waals surface area (Å²) in [5.74, 6) is 0.327. The maximum absolute atomic E-state index is 13.5. The highest BCUT2D eigenvalue weighted by Gasteiger charge is 2.24. The van der Waals surface area contributed by atoms with Crippen molar-refractivity contribution in [3.8, 4) is 0 Å². The first-order valence-electron chi connectivity index (χ1n) is 7.12. The lowest BCUT2D eigenvalue weighted by Gasteiger charge is -2.16. The van der Waals surface area contributed by atoms with Crippen LogP contribution in [0.4, 0.5) is 15.9 Å². The molecule has 1 aromatic carbocycles. The number of aromatic nitrogens is 3. The molecule has 1 aliphatic carbocycles. The fourth-order valence-corrected chi connectivity index (χ4v) is 2.93. The van der Waals surface area contributed by atoms with Crippen LogP contribution in [0.1, 0.15) is 23.7 Å². The van der Waals surface area contributed by atoms with Crippen LogP contribution in [0.25, 0.3) is 10.9 Å². The first-order chi connectivity index (χ1) is 10.7. The van der Waals surface area contributed by atoms with Gasteiger partial charge in [0.2, 0.25) is 0 Å². The maximum atomic E-state index is 13.5. The van der Waals surface area contributed by atoms with Gasteiger partial charge in [0.05, 0.1) is 23.4 Å². The van der Waals surface area contributed by atoms with Crippen LogP contribution in [0.15, 0.2) is 36.8 Å². The molecule has 22 heavy (non-hydrogen) atoms. The molecule has 0 aliphatic heterocycles. The molecule has 110 valence electrons. The van der Waals surface area contributed by atoms with E-state index >= 15 is 0 Å². The van der Waals surface area contributed by atoms with Gasteiger partial charge in [-0.15, -0.1) is 0 Å². The van der Waals surface area contributed by atoms with Gasteiger partial charge in [-0.25, -0.2) is 14.4 Å². The summed E-state index contributed by atoms with van der Waals surface area (Å²) < 4.78 is 13.5. The second-order valence-electron chi connectivity index (χ2n) is 5.42. The van der Waals surface area contributed by atoms with E-state index in [0.717, 1.165) is 24.1 Å². The molecular weight excluding hydrogens is 281 g/mol. The topological polar surface area (TPSA) is 76.7 Å². The van der Waals surface area contributed by atoms with Crippen LogP contribution in [-0.4, -0.2) is 15.0 Å². The Morgan fingerprint density at radius 1 is 1.18 bits per heavy atom. The lowest BCUT2D eigenvalue weighted by molar-refractivity contribution is 0.629. The van der Waals surface area contributed by atoms with E-state index in [1.807, 2.05) is 6.07 Å². The van der Waals surface area contributed by atoms with Crippen molar-refractivity contribution in [3.63, 3.8) is 0 Å². The third-order valence-electron chi connectivity index (χ3n) is 3.98. The Morgan fingerprint density at radius 3 is 3.00 bits per heavy atom. The molecule has 1 aliphatic rings. The minimum absolute atomic E-state index is 0.0763. The molecular formula is C16H14FN5. The van der Waals surface area contributed by atoms with Crippen LogP contribution in [0.2, 0.25) is 0 Å². The molecule has 0 amide bonds. The molecule has 0 saturated heterocycles. The van der Waals surface area contributed by atoms with Crippen molar-refractivity contribution in [2.45, 2.75) is 18.9 Å². The summed E-state index contributed by atoms with van der Waals surface area (Å²) in [6.45, 7) is 0. The number of rotatable bonds is 2. The van der Waals surface area contributed by atoms with Crippen molar-refractivity contribution >= 4 is 22.4 Å². The van der Waals surface area contributed by atoms with Crippen molar-refractivity contribution in [3.05, 3.63) is 53.9 Å². The molecule has 5 nitrogen and oxygen atoms in total. The van der Waals surface area contributed by atoms with E-state index in [0.29, 0.717) is 22.4 Å². The van der Waals surface area contributed by atoms with Gasteiger partial charge in [-0.3, -0.25) is 4.98 Å². The number of halogens is 1. The van der Waals surface area contributed by atoms with Gasteiger partial charge in [0.15, 0.2) is 0 Å². The van der Waals surface area contributed by atoms with Gasteiger partial charge in [-0.1, -0.05) is 0 Å². The van der Waals surface area contributed by atoms with Crippen molar-refractivity contribution in [1.29, 1.82) is 0 Å². The predicted molar refractivity (Wildman–Crippen MR) is 82.8 cm³/mol. The zero-order chi connectivity index (χ0) is 15.1. The summed E-state index contributed by atoms with van der Waals surface area (Å²) in [5, 5.41) is 4.06. The standard InChI is InChI=1S/C16H14FN5/c17-9-1-2-14-12(5-9)16(21-8-20-14)22-15-4-3-13-11(15)6-10(18)7-19-13/h1-2,5-8,15H,3-4,18H2,(H,20,21,22). The number of anilines is 2. The quantitative estimate of drug-likeness (QED) is 0.760. The molecule has 0 bridgehead atoms. The Labute approximate surface area is 126 Å². The largest absolute Gasteiger partial charge is 0.397 e. The lowest BCUT2D eigenvalue weighted by atomic mass is 10.1. The van der Waals surface area contributed by atoms with Crippen LogP contribution < -0.4 is 11.1 Å². The zero-order valence-corrected chi connectivity index (χ0v) is 11.8. The fraction of sp³-hybridized carbons (Fsp3) is 0.188. The second kappa shape index (κ2) is 4.91. The monoisotopic (exact) mass is 295 g/mol. The molecule has 1 unspecified atom stereocenters. The highest BCUT2D eigenvalue weighted by Crippen LogP contribution is 2.34. The highest BCUT2D eigenvalue weighted by molar-refractivity contribution is 5.89. The molecule has 2 heterocycles. The third kappa shape index (κ3) is 2.13. The number of nitrogens with two attached hydrogens (primary N) is 1. The van der Waals surface area contributed by atoms with Gasteiger partial charge >= 0.3 is 0 Å². The van der Waals surface area contributed by atoms with E-state index in [1.165, 1.54) is 18.5 Å². The Hall–Kier alpha value is -2.76. The Kier molecular flexibility index (Phi) is 2.89. The number of aryl methyl sites for hydroxylation is 1. The number of fused-ring (bicyclic) bond motifs is 2. The van der Waals surface area contributed by atoms with Crippen LogP contribution in [-0.2, 0) is 6.42 Å². The van der Waals surface area contributed by atoms with Crippen molar-refractivity contribution < 1.29 is 4.39 Å². The summed E-state index contributed by atoms with van der Waals surface area (Å²) in [6.07, 6.45) is 4.96. The number of pyridine rings is 1. The van der Waals surface area contributed by atoms with E-state index in [4.69, 9.17) is 5.73 Å². The van der Waals surface area contributed by atoms with Crippen molar-refractivity contribution in [1.82, 2.24) is 15.0 Å². The summed E-state index contributed by atoms with van der Waals surface area (Å²) in [5.41, 5.74) is 9.33. The van der Waals surface area contributed by atoms with Crippen LogP contribution in [0, 0.1) is 5.82 Å². The Balaban J connectivity index is 1.74. The van der Waals surface area contributed by atoms with Gasteiger partial charge in [-0.2, -0.15) is 0 Å². The molecule has 3 aromatic rings. The molecule has 3 N–H and O–H groups in total. The number of nitrogens with zero attached hydrogens (tertiary/aromatic N) is 3.